The van der Waals surface area contributed by atoms with Gasteiger partial charge in [-0.2, -0.15) is 9.61 Å². The minimum Gasteiger partial charge on any atom is -0.368 e. The molecule has 9 heteroatoms. The Kier molecular flexibility index (Phi) is 5.96. The molecule has 0 unspecified atom stereocenters. The summed E-state index contributed by atoms with van der Waals surface area (Å²) in [5, 5.41) is 14.5. The van der Waals surface area contributed by atoms with E-state index in [-0.39, 0.29) is 5.91 Å². The molecule has 0 aliphatic carbocycles. The third-order valence-corrected chi connectivity index (χ3v) is 6.59. The first kappa shape index (κ1) is 20.8. The van der Waals surface area contributed by atoms with Gasteiger partial charge in [0, 0.05) is 42.5 Å². The quantitative estimate of drug-likeness (QED) is 0.417. The molecule has 4 aromatic rings. The number of benzene rings is 2. The lowest BCUT2D eigenvalue weighted by molar-refractivity contribution is -0.128. The number of para-hydroxylation sites is 1. The zero-order chi connectivity index (χ0) is 21.9. The van der Waals surface area contributed by atoms with E-state index >= 15 is 0 Å². The van der Waals surface area contributed by atoms with Crippen molar-refractivity contribution in [2.45, 2.75) is 5.03 Å². The van der Waals surface area contributed by atoms with Crippen molar-refractivity contribution in [2.24, 2.45) is 0 Å². The van der Waals surface area contributed by atoms with Crippen molar-refractivity contribution in [3.8, 4) is 11.4 Å². The Bertz CT molecular complexity index is 1220. The lowest BCUT2D eigenvalue weighted by Crippen LogP contribution is -2.49. The van der Waals surface area contributed by atoms with E-state index in [1.807, 2.05) is 59.5 Å². The summed E-state index contributed by atoms with van der Waals surface area (Å²) in [5.74, 6) is 1.12. The SMILES string of the molecule is O=C(CSc1ccc2nnc(-c3ccc(Cl)cc3)n2n1)N1CCN(c2ccccc2)CC1. The van der Waals surface area contributed by atoms with Crippen LogP contribution in [0, 0.1) is 0 Å². The van der Waals surface area contributed by atoms with Crippen LogP contribution in [0.5, 0.6) is 0 Å². The molecule has 0 atom stereocenters. The highest BCUT2D eigenvalue weighted by Gasteiger charge is 2.21. The Hall–Kier alpha value is -3.10. The molecule has 1 aliphatic heterocycles. The first-order valence-electron chi connectivity index (χ1n) is 10.4. The van der Waals surface area contributed by atoms with Gasteiger partial charge in [0.2, 0.25) is 5.91 Å². The lowest BCUT2D eigenvalue weighted by atomic mass is 10.2. The largest absolute Gasteiger partial charge is 0.368 e. The Morgan fingerprint density at radius 1 is 0.906 bits per heavy atom. The molecular weight excluding hydrogens is 444 g/mol. The topological polar surface area (TPSA) is 66.6 Å². The van der Waals surface area contributed by atoms with Crippen LogP contribution in [0.1, 0.15) is 0 Å². The number of hydrogen-bond acceptors (Lipinski definition) is 6. The number of rotatable bonds is 5. The molecule has 3 heterocycles. The molecule has 5 rings (SSSR count). The summed E-state index contributed by atoms with van der Waals surface area (Å²) in [7, 11) is 0. The van der Waals surface area contributed by atoms with Gasteiger partial charge in [-0.05, 0) is 48.5 Å². The number of nitrogens with zero attached hydrogens (tertiary/aromatic N) is 6. The van der Waals surface area contributed by atoms with Gasteiger partial charge in [0.1, 0.15) is 5.03 Å². The smallest absolute Gasteiger partial charge is 0.233 e. The number of carbonyl (C=O) groups excluding carboxylic acids is 1. The van der Waals surface area contributed by atoms with Crippen LogP contribution < -0.4 is 4.90 Å². The number of halogens is 1. The van der Waals surface area contributed by atoms with E-state index in [9.17, 15) is 4.79 Å². The molecule has 0 radical (unpaired) electrons. The maximum absolute atomic E-state index is 12.8. The van der Waals surface area contributed by atoms with Gasteiger partial charge in [-0.1, -0.05) is 41.6 Å². The van der Waals surface area contributed by atoms with Gasteiger partial charge in [0.15, 0.2) is 11.5 Å². The number of aromatic nitrogens is 4. The van der Waals surface area contributed by atoms with Gasteiger partial charge in [0.05, 0.1) is 5.75 Å². The molecule has 32 heavy (non-hydrogen) atoms. The monoisotopic (exact) mass is 464 g/mol. The van der Waals surface area contributed by atoms with E-state index in [2.05, 4.69) is 32.3 Å². The highest BCUT2D eigenvalue weighted by molar-refractivity contribution is 7.99. The van der Waals surface area contributed by atoms with Crippen molar-refractivity contribution >= 4 is 40.6 Å². The number of thioether (sulfide) groups is 1. The minimum atomic E-state index is 0.131. The zero-order valence-corrected chi connectivity index (χ0v) is 18.8. The van der Waals surface area contributed by atoms with E-state index in [0.29, 0.717) is 22.2 Å². The fourth-order valence-electron chi connectivity index (χ4n) is 3.71. The van der Waals surface area contributed by atoms with Crippen molar-refractivity contribution in [1.82, 2.24) is 24.7 Å². The number of anilines is 1. The number of amides is 1. The van der Waals surface area contributed by atoms with Gasteiger partial charge >= 0.3 is 0 Å². The summed E-state index contributed by atoms with van der Waals surface area (Å²) < 4.78 is 1.70. The molecule has 0 saturated carbocycles. The summed E-state index contributed by atoms with van der Waals surface area (Å²) >= 11 is 7.42. The predicted octanol–water partition coefficient (Wildman–Crippen LogP) is 3.89. The highest BCUT2D eigenvalue weighted by atomic mass is 35.5. The maximum Gasteiger partial charge on any atom is 0.233 e. The molecule has 7 nitrogen and oxygen atoms in total. The van der Waals surface area contributed by atoms with Crippen LogP contribution in [0.2, 0.25) is 5.02 Å². The van der Waals surface area contributed by atoms with Crippen LogP contribution in [-0.2, 0) is 4.79 Å². The second-order valence-electron chi connectivity index (χ2n) is 7.46. The van der Waals surface area contributed by atoms with Crippen LogP contribution >= 0.6 is 23.4 Å². The highest BCUT2D eigenvalue weighted by Crippen LogP contribution is 2.23. The summed E-state index contributed by atoms with van der Waals surface area (Å²) in [4.78, 5) is 17.0. The number of piperazine rings is 1. The zero-order valence-electron chi connectivity index (χ0n) is 17.3. The molecule has 1 aliphatic rings. The molecular formula is C23H21ClN6OS. The molecule has 1 saturated heterocycles. The van der Waals surface area contributed by atoms with Gasteiger partial charge in [-0.15, -0.1) is 10.2 Å². The minimum absolute atomic E-state index is 0.131. The Labute approximate surface area is 195 Å². The van der Waals surface area contributed by atoms with Crippen molar-refractivity contribution in [3.05, 3.63) is 71.8 Å². The molecule has 1 amide bonds. The first-order valence-corrected chi connectivity index (χ1v) is 11.7. The van der Waals surface area contributed by atoms with E-state index in [1.165, 1.54) is 17.4 Å². The average Bonchev–Trinajstić information content (AvgIpc) is 3.27. The van der Waals surface area contributed by atoms with Gasteiger partial charge in [-0.3, -0.25) is 4.79 Å². The van der Waals surface area contributed by atoms with Crippen LogP contribution in [0.4, 0.5) is 5.69 Å². The molecule has 0 N–H and O–H groups in total. The van der Waals surface area contributed by atoms with E-state index < -0.39 is 0 Å². The van der Waals surface area contributed by atoms with Crippen molar-refractivity contribution in [3.63, 3.8) is 0 Å². The van der Waals surface area contributed by atoms with Crippen LogP contribution in [-0.4, -0.2) is 62.6 Å². The van der Waals surface area contributed by atoms with Crippen molar-refractivity contribution in [2.75, 3.05) is 36.8 Å². The average molecular weight is 465 g/mol. The molecule has 162 valence electrons. The van der Waals surface area contributed by atoms with E-state index in [1.54, 1.807) is 4.52 Å². The third kappa shape index (κ3) is 4.42. The first-order chi connectivity index (χ1) is 15.7. The normalized spacial score (nSPS) is 14.2. The van der Waals surface area contributed by atoms with Gasteiger partial charge in [0.25, 0.3) is 0 Å². The Balaban J connectivity index is 1.22. The third-order valence-electron chi connectivity index (χ3n) is 5.44. The Morgan fingerprint density at radius 3 is 2.41 bits per heavy atom. The predicted molar refractivity (Wildman–Crippen MR) is 127 cm³/mol. The second-order valence-corrected chi connectivity index (χ2v) is 8.90. The summed E-state index contributed by atoms with van der Waals surface area (Å²) in [6, 6.07) is 21.5. The molecule has 1 fully saturated rings. The lowest BCUT2D eigenvalue weighted by Gasteiger charge is -2.36. The summed E-state index contributed by atoms with van der Waals surface area (Å²) in [6.45, 7) is 3.14. The number of fused-ring (bicyclic) bond motifs is 1. The summed E-state index contributed by atoms with van der Waals surface area (Å²) in [6.07, 6.45) is 0. The van der Waals surface area contributed by atoms with Crippen LogP contribution in [0.15, 0.2) is 71.8 Å². The molecule has 2 aromatic heterocycles. The molecule has 0 bridgehead atoms. The molecule has 2 aromatic carbocycles. The van der Waals surface area contributed by atoms with E-state index in [4.69, 9.17) is 11.6 Å². The number of carbonyl (C=O) groups is 1. The number of hydrogen-bond donors (Lipinski definition) is 0. The fourth-order valence-corrected chi connectivity index (χ4v) is 4.59. The summed E-state index contributed by atoms with van der Waals surface area (Å²) in [5.41, 5.74) is 2.74. The van der Waals surface area contributed by atoms with Crippen LogP contribution in [0.25, 0.3) is 17.0 Å². The van der Waals surface area contributed by atoms with Crippen molar-refractivity contribution in [1.29, 1.82) is 0 Å². The Morgan fingerprint density at radius 2 is 1.66 bits per heavy atom. The van der Waals surface area contributed by atoms with Gasteiger partial charge < -0.3 is 9.80 Å². The van der Waals surface area contributed by atoms with E-state index in [0.717, 1.165) is 36.8 Å². The molecule has 0 spiro atoms. The van der Waals surface area contributed by atoms with Crippen molar-refractivity contribution < 1.29 is 4.79 Å². The fraction of sp³-hybridized carbons (Fsp3) is 0.217. The maximum atomic E-state index is 12.8. The van der Waals surface area contributed by atoms with Crippen LogP contribution in [0.3, 0.4) is 0 Å². The van der Waals surface area contributed by atoms with Gasteiger partial charge in [-0.25, -0.2) is 0 Å². The second kappa shape index (κ2) is 9.18. The standard InChI is InChI=1S/C23H21ClN6OS/c24-18-8-6-17(7-9-18)23-26-25-20-10-11-21(27-30(20)23)32-16-22(31)29-14-12-28(13-15-29)19-4-2-1-3-5-19/h1-11H,12-16H2.